The van der Waals surface area contributed by atoms with E-state index in [2.05, 4.69) is 24.2 Å². The highest BCUT2D eigenvalue weighted by atomic mass is 33.2. The Labute approximate surface area is 166 Å². The Kier molecular flexibility index (Phi) is 8.96. The van der Waals surface area contributed by atoms with Gasteiger partial charge < -0.3 is 0 Å². The van der Waals surface area contributed by atoms with Gasteiger partial charge in [0.15, 0.2) is 0 Å². The summed E-state index contributed by atoms with van der Waals surface area (Å²) >= 11 is 0. The molecule has 10 heteroatoms. The predicted molar refractivity (Wildman–Crippen MR) is 118 cm³/mol. The van der Waals surface area contributed by atoms with Crippen LogP contribution in [0.2, 0.25) is 0 Å². The van der Waals surface area contributed by atoms with Crippen LogP contribution in [0, 0.1) is 21.6 Å². The standard InChI is InChI=1S/C14H20N2O2S6/c1-5-9-11(7(3)15-17)19-21-13(9)23-24-14-10(6-2)12(20-22-14)8(4)16-18/h9-10,13-14H,5-6H2,1-4H3/b11-7-,12-8-. The van der Waals surface area contributed by atoms with Crippen LogP contribution in [0.3, 0.4) is 0 Å². The zero-order valence-corrected chi connectivity index (χ0v) is 18.8. The Morgan fingerprint density at radius 1 is 0.875 bits per heavy atom. The summed E-state index contributed by atoms with van der Waals surface area (Å²) in [6.07, 6.45) is 2.03. The van der Waals surface area contributed by atoms with E-state index in [0.29, 0.717) is 32.4 Å². The molecule has 2 aliphatic heterocycles. The van der Waals surface area contributed by atoms with Gasteiger partial charge in [0.1, 0.15) is 0 Å². The maximum atomic E-state index is 10.8. The van der Waals surface area contributed by atoms with Crippen LogP contribution in [0.25, 0.3) is 0 Å². The molecule has 24 heavy (non-hydrogen) atoms. The van der Waals surface area contributed by atoms with Crippen LogP contribution in [0.15, 0.2) is 31.6 Å². The van der Waals surface area contributed by atoms with E-state index >= 15 is 0 Å². The molecule has 0 N–H and O–H groups in total. The molecular weight excluding hydrogens is 421 g/mol. The van der Waals surface area contributed by atoms with Gasteiger partial charge in [-0.3, -0.25) is 0 Å². The van der Waals surface area contributed by atoms with Gasteiger partial charge in [0.2, 0.25) is 0 Å². The summed E-state index contributed by atoms with van der Waals surface area (Å²) in [5.41, 5.74) is 1.25. The summed E-state index contributed by atoms with van der Waals surface area (Å²) in [4.78, 5) is 24.0. The second-order valence-corrected chi connectivity index (χ2v) is 13.3. The first-order valence-electron chi connectivity index (χ1n) is 7.64. The van der Waals surface area contributed by atoms with Gasteiger partial charge in [-0.25, -0.2) is 0 Å². The molecule has 0 amide bonds. The first-order valence-corrected chi connectivity index (χ1v) is 14.3. The van der Waals surface area contributed by atoms with E-state index in [4.69, 9.17) is 0 Å². The van der Waals surface area contributed by atoms with Crippen molar-refractivity contribution in [2.24, 2.45) is 22.2 Å². The van der Waals surface area contributed by atoms with Gasteiger partial charge in [-0.15, -0.1) is 9.81 Å². The number of allylic oxidation sites excluding steroid dienone is 4. The van der Waals surface area contributed by atoms with Crippen molar-refractivity contribution in [3.8, 4) is 0 Å². The summed E-state index contributed by atoms with van der Waals surface area (Å²) in [6.45, 7) is 7.95. The van der Waals surface area contributed by atoms with Crippen LogP contribution in [0.1, 0.15) is 40.5 Å². The highest BCUT2D eigenvalue weighted by Gasteiger charge is 2.39. The quantitative estimate of drug-likeness (QED) is 0.293. The lowest BCUT2D eigenvalue weighted by Crippen LogP contribution is -2.11. The molecule has 2 heterocycles. The summed E-state index contributed by atoms with van der Waals surface area (Å²) < 4.78 is 0.858. The average molecular weight is 441 g/mol. The average Bonchev–Trinajstić information content (AvgIpc) is 3.21. The topological polar surface area (TPSA) is 58.9 Å². The van der Waals surface area contributed by atoms with Crippen molar-refractivity contribution < 1.29 is 0 Å². The maximum Gasteiger partial charge on any atom is 0.0924 e. The summed E-state index contributed by atoms with van der Waals surface area (Å²) in [6, 6.07) is 0. The van der Waals surface area contributed by atoms with Crippen LogP contribution in [-0.4, -0.2) is 9.16 Å². The van der Waals surface area contributed by atoms with Gasteiger partial charge in [-0.05, 0) is 37.0 Å². The molecule has 0 aliphatic carbocycles. The summed E-state index contributed by atoms with van der Waals surface area (Å²) in [7, 11) is 10.9. The summed E-state index contributed by atoms with van der Waals surface area (Å²) in [5.74, 6) is 0.783. The fourth-order valence-corrected chi connectivity index (χ4v) is 15.5. The Bertz CT molecular complexity index is 505. The van der Waals surface area contributed by atoms with Gasteiger partial charge in [0.05, 0.1) is 20.6 Å². The van der Waals surface area contributed by atoms with Gasteiger partial charge in [0, 0.05) is 21.6 Å². The van der Waals surface area contributed by atoms with E-state index in [1.54, 1.807) is 21.6 Å². The SMILES string of the molecule is CCC1/C(=C(\C)N=O)SSC1SSC1SS/C(=C(/C)N=O)C1CC. The molecule has 0 saturated carbocycles. The van der Waals surface area contributed by atoms with Crippen LogP contribution in [-0.2, 0) is 0 Å². The lowest BCUT2D eigenvalue weighted by atomic mass is 10.1. The molecule has 4 nitrogen and oxygen atoms in total. The molecule has 0 radical (unpaired) electrons. The van der Waals surface area contributed by atoms with Crippen molar-refractivity contribution >= 4 is 64.8 Å². The van der Waals surface area contributed by atoms with Crippen molar-refractivity contribution in [1.82, 2.24) is 0 Å². The van der Waals surface area contributed by atoms with E-state index in [1.165, 1.54) is 0 Å². The van der Waals surface area contributed by atoms with Gasteiger partial charge in [0.25, 0.3) is 0 Å². The van der Waals surface area contributed by atoms with Gasteiger partial charge >= 0.3 is 0 Å². The van der Waals surface area contributed by atoms with Crippen LogP contribution in [0.4, 0.5) is 0 Å². The second-order valence-electron chi connectivity index (χ2n) is 5.40. The van der Waals surface area contributed by atoms with Crippen molar-refractivity contribution in [3.05, 3.63) is 31.0 Å². The van der Waals surface area contributed by atoms with Crippen LogP contribution < -0.4 is 0 Å². The second kappa shape index (κ2) is 10.2. The largest absolute Gasteiger partial charge is 0.145 e. The zero-order chi connectivity index (χ0) is 17.7. The normalized spacial score (nSPS) is 34.3. The molecule has 4 unspecified atom stereocenters. The zero-order valence-electron chi connectivity index (χ0n) is 13.9. The Balaban J connectivity index is 2.01. The fraction of sp³-hybridized carbons (Fsp3) is 0.714. The Morgan fingerprint density at radius 2 is 1.25 bits per heavy atom. The number of rotatable bonds is 7. The molecule has 0 aromatic carbocycles. The minimum absolute atomic E-state index is 0.391. The van der Waals surface area contributed by atoms with E-state index in [1.807, 2.05) is 57.0 Å². The molecule has 2 fully saturated rings. The van der Waals surface area contributed by atoms with E-state index in [0.717, 1.165) is 22.7 Å². The Morgan fingerprint density at radius 3 is 1.54 bits per heavy atom. The monoisotopic (exact) mass is 440 g/mol. The molecule has 4 atom stereocenters. The van der Waals surface area contributed by atoms with E-state index < -0.39 is 0 Å². The molecule has 134 valence electrons. The van der Waals surface area contributed by atoms with Crippen molar-refractivity contribution in [1.29, 1.82) is 0 Å². The number of nitroso groups, excluding NO2 is 2. The lowest BCUT2D eigenvalue weighted by molar-refractivity contribution is 0.673. The Hall–Kier alpha value is 0.780. The third-order valence-electron chi connectivity index (χ3n) is 3.91. The predicted octanol–water partition coefficient (Wildman–Crippen LogP) is 7.86. The van der Waals surface area contributed by atoms with Crippen LogP contribution in [0.5, 0.6) is 0 Å². The minimum atomic E-state index is 0.391. The number of hydrogen-bond donors (Lipinski definition) is 0. The number of nitrogens with zero attached hydrogens (tertiary/aromatic N) is 2. The highest BCUT2D eigenvalue weighted by molar-refractivity contribution is 8.90. The first-order chi connectivity index (χ1) is 11.6. The third kappa shape index (κ3) is 4.73. The molecular formula is C14H20N2O2S6. The molecule has 0 aromatic rings. The van der Waals surface area contributed by atoms with E-state index in [-0.39, 0.29) is 0 Å². The molecule has 2 aliphatic rings. The molecule has 0 bridgehead atoms. The lowest BCUT2D eigenvalue weighted by Gasteiger charge is -2.20. The molecule has 2 saturated heterocycles. The van der Waals surface area contributed by atoms with Crippen LogP contribution >= 0.6 is 64.8 Å². The van der Waals surface area contributed by atoms with Gasteiger partial charge in [-0.2, -0.15) is 0 Å². The van der Waals surface area contributed by atoms with Gasteiger partial charge in [-0.1, -0.05) is 78.6 Å². The maximum absolute atomic E-state index is 10.8. The summed E-state index contributed by atoms with van der Waals surface area (Å²) in [5, 5.41) is 6.26. The smallest absolute Gasteiger partial charge is 0.0924 e. The fourth-order valence-electron chi connectivity index (χ4n) is 2.48. The highest BCUT2D eigenvalue weighted by Crippen LogP contribution is 2.64. The third-order valence-corrected chi connectivity index (χ3v) is 14.9. The van der Waals surface area contributed by atoms with Crippen molar-refractivity contribution in [3.63, 3.8) is 0 Å². The molecule has 0 aromatic heterocycles. The molecule has 2 rings (SSSR count). The van der Waals surface area contributed by atoms with Crippen molar-refractivity contribution in [2.45, 2.75) is 49.7 Å². The minimum Gasteiger partial charge on any atom is -0.145 e. The first kappa shape index (κ1) is 21.1. The number of hydrogen-bond acceptors (Lipinski definition) is 10. The van der Waals surface area contributed by atoms with Crippen molar-refractivity contribution in [2.75, 3.05) is 0 Å². The van der Waals surface area contributed by atoms with E-state index in [9.17, 15) is 9.81 Å². The molecule has 0 spiro atoms.